The van der Waals surface area contributed by atoms with E-state index in [0.29, 0.717) is 5.56 Å². The fourth-order valence-corrected chi connectivity index (χ4v) is 3.32. The zero-order valence-corrected chi connectivity index (χ0v) is 16.3. The molecular weight excluding hydrogens is 366 g/mol. The molecule has 3 aromatic rings. The number of rotatable bonds is 5. The van der Waals surface area contributed by atoms with Gasteiger partial charge in [0.25, 0.3) is 5.91 Å². The lowest BCUT2D eigenvalue weighted by atomic mass is 10.1. The molecule has 6 heteroatoms. The average Bonchev–Trinajstić information content (AvgIpc) is 2.80. The predicted octanol–water partition coefficient (Wildman–Crippen LogP) is 3.85. The second-order valence-electron chi connectivity index (χ2n) is 6.73. The molecule has 0 spiro atoms. The monoisotopic (exact) mass is 389 g/mol. The highest BCUT2D eigenvalue weighted by molar-refractivity contribution is 6.04. The second kappa shape index (κ2) is 8.75. The van der Waals surface area contributed by atoms with Crippen LogP contribution in [0.4, 0.5) is 11.4 Å². The highest BCUT2D eigenvalue weighted by Crippen LogP contribution is 2.28. The number of para-hydroxylation sites is 1. The van der Waals surface area contributed by atoms with Crippen LogP contribution < -0.4 is 15.0 Å². The standard InChI is InChI=1S/C23H23N3O3/c1-28-22-5-3-2-4-20(22)21-11-6-17(16-24-21)23(27)25-18-7-9-19(10-8-18)26-12-14-29-15-13-26/h2-11,16H,12-15H2,1H3,(H,25,27). The average molecular weight is 389 g/mol. The number of ether oxygens (including phenoxy) is 2. The van der Waals surface area contributed by atoms with Gasteiger partial charge in [0.05, 0.1) is 31.6 Å². The Morgan fingerprint density at radius 3 is 2.48 bits per heavy atom. The summed E-state index contributed by atoms with van der Waals surface area (Å²) in [5, 5.41) is 2.92. The Hall–Kier alpha value is -3.38. The third kappa shape index (κ3) is 4.38. The van der Waals surface area contributed by atoms with Gasteiger partial charge in [0, 0.05) is 36.2 Å². The summed E-state index contributed by atoms with van der Waals surface area (Å²) in [5.41, 5.74) is 4.03. The summed E-state index contributed by atoms with van der Waals surface area (Å²) in [6.45, 7) is 3.26. The van der Waals surface area contributed by atoms with Crippen LogP contribution in [0, 0.1) is 0 Å². The molecule has 0 saturated carbocycles. The fourth-order valence-electron chi connectivity index (χ4n) is 3.32. The lowest BCUT2D eigenvalue weighted by Gasteiger charge is -2.28. The number of nitrogens with one attached hydrogen (secondary N) is 1. The Bertz CT molecular complexity index is 965. The highest BCUT2D eigenvalue weighted by atomic mass is 16.5. The number of hydrogen-bond donors (Lipinski definition) is 1. The number of anilines is 2. The maximum Gasteiger partial charge on any atom is 0.257 e. The SMILES string of the molecule is COc1ccccc1-c1ccc(C(=O)Nc2ccc(N3CCOCC3)cc2)cn1. The van der Waals surface area contributed by atoms with Crippen LogP contribution in [0.2, 0.25) is 0 Å². The summed E-state index contributed by atoms with van der Waals surface area (Å²) in [5.74, 6) is 0.556. The number of pyridine rings is 1. The number of aromatic nitrogens is 1. The van der Waals surface area contributed by atoms with Crippen molar-refractivity contribution in [1.29, 1.82) is 0 Å². The summed E-state index contributed by atoms with van der Waals surface area (Å²) < 4.78 is 10.8. The van der Waals surface area contributed by atoms with Gasteiger partial charge in [-0.25, -0.2) is 0 Å². The van der Waals surface area contributed by atoms with Crippen molar-refractivity contribution < 1.29 is 14.3 Å². The molecule has 2 aromatic carbocycles. The molecule has 1 aliphatic rings. The van der Waals surface area contributed by atoms with Gasteiger partial charge in [0.15, 0.2) is 0 Å². The fraction of sp³-hybridized carbons (Fsp3) is 0.217. The van der Waals surface area contributed by atoms with E-state index in [4.69, 9.17) is 9.47 Å². The molecule has 1 aliphatic heterocycles. The Balaban J connectivity index is 1.43. The highest BCUT2D eigenvalue weighted by Gasteiger charge is 2.12. The molecule has 6 nitrogen and oxygen atoms in total. The van der Waals surface area contributed by atoms with Crippen LogP contribution in [-0.4, -0.2) is 44.3 Å². The van der Waals surface area contributed by atoms with Crippen molar-refractivity contribution in [1.82, 2.24) is 4.98 Å². The summed E-state index contributed by atoms with van der Waals surface area (Å²) in [6, 6.07) is 19.1. The van der Waals surface area contributed by atoms with Gasteiger partial charge in [-0.1, -0.05) is 12.1 Å². The van der Waals surface area contributed by atoms with Crippen molar-refractivity contribution in [2.75, 3.05) is 43.6 Å². The third-order valence-electron chi connectivity index (χ3n) is 4.91. The molecule has 2 heterocycles. The van der Waals surface area contributed by atoms with Gasteiger partial charge in [0.2, 0.25) is 0 Å². The molecule has 0 radical (unpaired) electrons. The molecule has 0 bridgehead atoms. The van der Waals surface area contributed by atoms with Crippen LogP contribution in [0.5, 0.6) is 5.75 Å². The molecule has 0 unspecified atom stereocenters. The minimum Gasteiger partial charge on any atom is -0.496 e. The zero-order chi connectivity index (χ0) is 20.1. The van der Waals surface area contributed by atoms with Crippen LogP contribution in [-0.2, 0) is 4.74 Å². The molecule has 1 amide bonds. The van der Waals surface area contributed by atoms with Crippen LogP contribution in [0.3, 0.4) is 0 Å². The quantitative estimate of drug-likeness (QED) is 0.718. The van der Waals surface area contributed by atoms with Gasteiger partial charge in [-0.05, 0) is 48.5 Å². The van der Waals surface area contributed by atoms with E-state index in [-0.39, 0.29) is 5.91 Å². The Labute approximate surface area is 170 Å². The van der Waals surface area contributed by atoms with Gasteiger partial charge < -0.3 is 19.7 Å². The van der Waals surface area contributed by atoms with E-state index in [9.17, 15) is 4.79 Å². The minimum atomic E-state index is -0.191. The first-order valence-corrected chi connectivity index (χ1v) is 9.58. The Kier molecular flexibility index (Phi) is 5.72. The first kappa shape index (κ1) is 19.0. The number of amides is 1. The molecule has 148 valence electrons. The topological polar surface area (TPSA) is 63.7 Å². The van der Waals surface area contributed by atoms with Crippen molar-refractivity contribution in [3.63, 3.8) is 0 Å². The first-order valence-electron chi connectivity index (χ1n) is 9.58. The second-order valence-corrected chi connectivity index (χ2v) is 6.73. The smallest absolute Gasteiger partial charge is 0.257 e. The Morgan fingerprint density at radius 1 is 1.03 bits per heavy atom. The number of methoxy groups -OCH3 is 1. The van der Waals surface area contributed by atoms with Gasteiger partial charge in [-0.2, -0.15) is 0 Å². The molecule has 29 heavy (non-hydrogen) atoms. The van der Waals surface area contributed by atoms with Crippen molar-refractivity contribution in [2.24, 2.45) is 0 Å². The zero-order valence-electron chi connectivity index (χ0n) is 16.3. The number of benzene rings is 2. The molecule has 0 atom stereocenters. The maximum absolute atomic E-state index is 12.6. The Morgan fingerprint density at radius 2 is 1.79 bits per heavy atom. The molecule has 1 aromatic heterocycles. The normalized spacial score (nSPS) is 13.8. The van der Waals surface area contributed by atoms with E-state index in [1.165, 1.54) is 0 Å². The number of morpholine rings is 1. The largest absolute Gasteiger partial charge is 0.496 e. The molecule has 1 N–H and O–H groups in total. The van der Waals surface area contributed by atoms with E-state index in [2.05, 4.69) is 15.2 Å². The number of hydrogen-bond acceptors (Lipinski definition) is 5. The van der Waals surface area contributed by atoms with E-state index < -0.39 is 0 Å². The molecule has 4 rings (SSSR count). The van der Waals surface area contributed by atoms with Crippen molar-refractivity contribution in [3.05, 3.63) is 72.4 Å². The van der Waals surface area contributed by atoms with E-state index >= 15 is 0 Å². The summed E-state index contributed by atoms with van der Waals surface area (Å²) in [6.07, 6.45) is 1.58. The maximum atomic E-state index is 12.6. The van der Waals surface area contributed by atoms with Crippen LogP contribution in [0.1, 0.15) is 10.4 Å². The number of carbonyl (C=O) groups is 1. The third-order valence-corrected chi connectivity index (χ3v) is 4.91. The summed E-state index contributed by atoms with van der Waals surface area (Å²) in [7, 11) is 1.63. The summed E-state index contributed by atoms with van der Waals surface area (Å²) in [4.78, 5) is 19.3. The lowest BCUT2D eigenvalue weighted by Crippen LogP contribution is -2.36. The first-order chi connectivity index (χ1) is 14.2. The minimum absolute atomic E-state index is 0.191. The van der Waals surface area contributed by atoms with E-state index in [1.54, 1.807) is 19.4 Å². The van der Waals surface area contributed by atoms with Crippen molar-refractivity contribution in [3.8, 4) is 17.0 Å². The lowest BCUT2D eigenvalue weighted by molar-refractivity contribution is 0.102. The molecule has 0 aliphatic carbocycles. The van der Waals surface area contributed by atoms with Gasteiger partial charge in [-0.3, -0.25) is 9.78 Å². The van der Waals surface area contributed by atoms with E-state index in [0.717, 1.165) is 54.7 Å². The van der Waals surface area contributed by atoms with Crippen molar-refractivity contribution in [2.45, 2.75) is 0 Å². The predicted molar refractivity (Wildman–Crippen MR) is 114 cm³/mol. The van der Waals surface area contributed by atoms with Gasteiger partial charge in [0.1, 0.15) is 5.75 Å². The number of nitrogens with zero attached hydrogens (tertiary/aromatic N) is 2. The summed E-state index contributed by atoms with van der Waals surface area (Å²) >= 11 is 0. The van der Waals surface area contributed by atoms with Crippen molar-refractivity contribution >= 4 is 17.3 Å². The molecule has 1 saturated heterocycles. The van der Waals surface area contributed by atoms with Crippen LogP contribution in [0.25, 0.3) is 11.3 Å². The van der Waals surface area contributed by atoms with Crippen LogP contribution in [0.15, 0.2) is 66.9 Å². The van der Waals surface area contributed by atoms with Gasteiger partial charge >= 0.3 is 0 Å². The van der Waals surface area contributed by atoms with Crippen LogP contribution >= 0.6 is 0 Å². The van der Waals surface area contributed by atoms with E-state index in [1.807, 2.05) is 54.6 Å². The molecular formula is C23H23N3O3. The number of carbonyl (C=O) groups excluding carboxylic acids is 1. The van der Waals surface area contributed by atoms with Gasteiger partial charge in [-0.15, -0.1) is 0 Å². The molecule has 1 fully saturated rings.